The van der Waals surface area contributed by atoms with E-state index in [4.69, 9.17) is 0 Å². The Kier molecular flexibility index (Phi) is 6.23. The second kappa shape index (κ2) is 7.84. The van der Waals surface area contributed by atoms with E-state index < -0.39 is 25.9 Å². The molecule has 1 heterocycles. The number of rotatable bonds is 7. The van der Waals surface area contributed by atoms with Crippen LogP contribution in [0.4, 0.5) is 0 Å². The molecular formula is C16H24N2O5S2. The molecule has 0 spiro atoms. The second-order valence-corrected chi connectivity index (χ2v) is 10.6. The van der Waals surface area contributed by atoms with Gasteiger partial charge in [0, 0.05) is 19.1 Å². The summed E-state index contributed by atoms with van der Waals surface area (Å²) in [5, 5.41) is 2.70. The van der Waals surface area contributed by atoms with Crippen LogP contribution in [0.25, 0.3) is 0 Å². The van der Waals surface area contributed by atoms with E-state index in [1.165, 1.54) is 4.31 Å². The van der Waals surface area contributed by atoms with E-state index in [0.717, 1.165) is 17.4 Å². The van der Waals surface area contributed by atoms with E-state index in [1.807, 2.05) is 31.2 Å². The van der Waals surface area contributed by atoms with Crippen molar-refractivity contribution >= 4 is 25.8 Å². The molecule has 0 saturated carbocycles. The Bertz CT molecular complexity index is 834. The molecule has 7 nitrogen and oxygen atoms in total. The van der Waals surface area contributed by atoms with Crippen LogP contribution < -0.4 is 5.32 Å². The Hall–Kier alpha value is -1.45. The molecule has 1 atom stereocenters. The van der Waals surface area contributed by atoms with Crippen molar-refractivity contribution in [1.82, 2.24) is 9.62 Å². The maximum Gasteiger partial charge on any atom is 0.224 e. The van der Waals surface area contributed by atoms with Crippen LogP contribution in [0.3, 0.4) is 0 Å². The van der Waals surface area contributed by atoms with Crippen LogP contribution in [0, 0.1) is 6.92 Å². The van der Waals surface area contributed by atoms with Crippen molar-refractivity contribution in [1.29, 1.82) is 0 Å². The van der Waals surface area contributed by atoms with Gasteiger partial charge >= 0.3 is 0 Å². The topological polar surface area (TPSA) is 101 Å². The molecule has 9 heteroatoms. The number of carbonyl (C=O) groups is 1. The second-order valence-electron chi connectivity index (χ2n) is 6.45. The van der Waals surface area contributed by atoms with Gasteiger partial charge in [0.05, 0.1) is 24.2 Å². The summed E-state index contributed by atoms with van der Waals surface area (Å²) in [6.45, 7) is 2.16. The summed E-state index contributed by atoms with van der Waals surface area (Å²) in [6, 6.07) is 7.06. The van der Waals surface area contributed by atoms with E-state index in [-0.39, 0.29) is 36.9 Å². The summed E-state index contributed by atoms with van der Waals surface area (Å²) in [6.07, 6.45) is 1.58. The van der Waals surface area contributed by atoms with Gasteiger partial charge in [-0.15, -0.1) is 0 Å². The number of hydrogen-bond donors (Lipinski definition) is 1. The highest BCUT2D eigenvalue weighted by Crippen LogP contribution is 2.19. The van der Waals surface area contributed by atoms with E-state index in [1.54, 1.807) is 0 Å². The van der Waals surface area contributed by atoms with Crippen molar-refractivity contribution in [3.05, 3.63) is 35.4 Å². The summed E-state index contributed by atoms with van der Waals surface area (Å²) >= 11 is 0. The average molecular weight is 389 g/mol. The summed E-state index contributed by atoms with van der Waals surface area (Å²) < 4.78 is 48.3. The van der Waals surface area contributed by atoms with Crippen molar-refractivity contribution in [3.8, 4) is 0 Å². The minimum absolute atomic E-state index is 0.00338. The van der Waals surface area contributed by atoms with Crippen LogP contribution in [0.2, 0.25) is 0 Å². The van der Waals surface area contributed by atoms with Gasteiger partial charge < -0.3 is 5.32 Å². The molecule has 1 amide bonds. The smallest absolute Gasteiger partial charge is 0.224 e. The largest absolute Gasteiger partial charge is 0.354 e. The highest BCUT2D eigenvalue weighted by Gasteiger charge is 2.36. The molecule has 0 aliphatic carbocycles. The molecule has 1 aromatic rings. The lowest BCUT2D eigenvalue weighted by Gasteiger charge is -2.25. The van der Waals surface area contributed by atoms with E-state index >= 15 is 0 Å². The predicted molar refractivity (Wildman–Crippen MR) is 96.5 cm³/mol. The van der Waals surface area contributed by atoms with Gasteiger partial charge in [0.15, 0.2) is 9.84 Å². The summed E-state index contributed by atoms with van der Waals surface area (Å²) in [5.74, 6) is -0.348. The lowest BCUT2D eigenvalue weighted by Crippen LogP contribution is -2.45. The van der Waals surface area contributed by atoms with Crippen LogP contribution in [0.5, 0.6) is 0 Å². The minimum Gasteiger partial charge on any atom is -0.354 e. The zero-order valence-electron chi connectivity index (χ0n) is 14.4. The number of hydrogen-bond acceptors (Lipinski definition) is 5. The molecule has 1 aliphatic rings. The molecule has 2 rings (SSSR count). The fourth-order valence-corrected chi connectivity index (χ4v) is 5.97. The molecule has 0 aromatic heterocycles. The Morgan fingerprint density at radius 2 is 2.08 bits per heavy atom. The van der Waals surface area contributed by atoms with Gasteiger partial charge in [-0.05, 0) is 18.9 Å². The van der Waals surface area contributed by atoms with Crippen LogP contribution in [0.15, 0.2) is 24.3 Å². The van der Waals surface area contributed by atoms with Gasteiger partial charge in [0.1, 0.15) is 0 Å². The van der Waals surface area contributed by atoms with Crippen molar-refractivity contribution in [2.75, 3.05) is 30.9 Å². The van der Waals surface area contributed by atoms with Crippen LogP contribution in [-0.4, -0.2) is 63.9 Å². The van der Waals surface area contributed by atoms with Gasteiger partial charge in [0.25, 0.3) is 0 Å². The molecule has 1 N–H and O–H groups in total. The van der Waals surface area contributed by atoms with Crippen molar-refractivity contribution in [3.63, 3.8) is 0 Å². The summed E-state index contributed by atoms with van der Waals surface area (Å²) in [5.41, 5.74) is 1.95. The number of benzene rings is 1. The zero-order chi connectivity index (χ0) is 18.7. The highest BCUT2D eigenvalue weighted by atomic mass is 32.2. The predicted octanol–water partition coefficient (Wildman–Crippen LogP) is 0.102. The number of carbonyl (C=O) groups excluding carboxylic acids is 1. The first kappa shape index (κ1) is 19.9. The first-order valence-electron chi connectivity index (χ1n) is 8.06. The Labute approximate surface area is 149 Å². The number of aryl methyl sites for hydroxylation is 1. The SMILES string of the molecule is Cc1cccc(CC(=O)NCCN(C2CCS(=O)(=O)C2)S(C)(=O)=O)c1. The lowest BCUT2D eigenvalue weighted by atomic mass is 10.1. The van der Waals surface area contributed by atoms with E-state index in [2.05, 4.69) is 5.32 Å². The van der Waals surface area contributed by atoms with Crippen LogP contribution >= 0.6 is 0 Å². The molecule has 0 radical (unpaired) electrons. The third-order valence-electron chi connectivity index (χ3n) is 4.14. The Morgan fingerprint density at radius 3 is 2.64 bits per heavy atom. The van der Waals surface area contributed by atoms with Gasteiger partial charge in [0.2, 0.25) is 15.9 Å². The maximum absolute atomic E-state index is 12.0. The summed E-state index contributed by atoms with van der Waals surface area (Å²) in [7, 11) is -6.72. The molecule has 1 aromatic carbocycles. The van der Waals surface area contributed by atoms with Gasteiger partial charge in [-0.25, -0.2) is 16.8 Å². The molecule has 25 heavy (non-hydrogen) atoms. The van der Waals surface area contributed by atoms with Crippen LogP contribution in [-0.2, 0) is 31.1 Å². The molecule has 1 saturated heterocycles. The fourth-order valence-electron chi connectivity index (χ4n) is 3.00. The first-order chi connectivity index (χ1) is 11.6. The highest BCUT2D eigenvalue weighted by molar-refractivity contribution is 7.92. The van der Waals surface area contributed by atoms with Crippen LogP contribution in [0.1, 0.15) is 17.5 Å². The molecule has 1 fully saturated rings. The number of sulfone groups is 1. The third-order valence-corrected chi connectivity index (χ3v) is 7.23. The summed E-state index contributed by atoms with van der Waals surface area (Å²) in [4.78, 5) is 12.0. The van der Waals surface area contributed by atoms with Gasteiger partial charge in [-0.2, -0.15) is 4.31 Å². The molecule has 1 aliphatic heterocycles. The average Bonchev–Trinajstić information content (AvgIpc) is 2.82. The Balaban J connectivity index is 1.90. The zero-order valence-corrected chi connectivity index (χ0v) is 16.1. The number of nitrogens with one attached hydrogen (secondary N) is 1. The van der Waals surface area contributed by atoms with Crippen molar-refractivity contribution < 1.29 is 21.6 Å². The monoisotopic (exact) mass is 388 g/mol. The van der Waals surface area contributed by atoms with Crippen molar-refractivity contribution in [2.24, 2.45) is 0 Å². The van der Waals surface area contributed by atoms with Gasteiger partial charge in [-0.1, -0.05) is 29.8 Å². The number of sulfonamides is 1. The number of nitrogens with zero attached hydrogens (tertiary/aromatic N) is 1. The normalized spacial score (nSPS) is 19.9. The quantitative estimate of drug-likeness (QED) is 0.714. The molecule has 140 valence electrons. The molecule has 0 bridgehead atoms. The maximum atomic E-state index is 12.0. The Morgan fingerprint density at radius 1 is 1.36 bits per heavy atom. The lowest BCUT2D eigenvalue weighted by molar-refractivity contribution is -0.120. The van der Waals surface area contributed by atoms with E-state index in [0.29, 0.717) is 6.42 Å². The number of amides is 1. The first-order valence-corrected chi connectivity index (χ1v) is 11.7. The van der Waals surface area contributed by atoms with Crippen molar-refractivity contribution in [2.45, 2.75) is 25.8 Å². The third kappa shape index (κ3) is 6.09. The van der Waals surface area contributed by atoms with E-state index in [9.17, 15) is 21.6 Å². The standard InChI is InChI=1S/C16H24N2O5S2/c1-13-4-3-5-14(10-13)11-16(19)17-7-8-18(24(2,20)21)15-6-9-25(22,23)12-15/h3-5,10,15H,6-9,11-12H2,1-2H3,(H,17,19). The molecule has 1 unspecified atom stereocenters. The van der Waals surface area contributed by atoms with Gasteiger partial charge in [-0.3, -0.25) is 4.79 Å². The molecular weight excluding hydrogens is 364 g/mol. The fraction of sp³-hybridized carbons (Fsp3) is 0.562. The minimum atomic E-state index is -3.54.